The Bertz CT molecular complexity index is 609. The summed E-state index contributed by atoms with van der Waals surface area (Å²) >= 11 is 0. The first-order valence-corrected chi connectivity index (χ1v) is 7.93. The molecule has 1 aromatic carbocycles. The van der Waals surface area contributed by atoms with Crippen LogP contribution in [-0.4, -0.2) is 35.5 Å². The van der Waals surface area contributed by atoms with Gasteiger partial charge in [0.05, 0.1) is 18.1 Å². The van der Waals surface area contributed by atoms with E-state index in [1.807, 2.05) is 0 Å². The Kier molecular flexibility index (Phi) is 5.86. The maximum atomic E-state index is 12.2. The molecule has 0 bridgehead atoms. The van der Waals surface area contributed by atoms with Crippen molar-refractivity contribution in [1.29, 1.82) is 0 Å². The van der Waals surface area contributed by atoms with Gasteiger partial charge in [-0.15, -0.1) is 0 Å². The minimum absolute atomic E-state index is 0.0319. The van der Waals surface area contributed by atoms with Crippen LogP contribution in [0.15, 0.2) is 24.3 Å². The molecule has 1 aliphatic carbocycles. The number of amides is 1. The number of hydrogen-bond acceptors (Lipinski definition) is 6. The maximum Gasteiger partial charge on any atom is 0.326 e. The number of carbonyl (C=O) groups is 2. The average Bonchev–Trinajstić information content (AvgIpc) is 3.04. The van der Waals surface area contributed by atoms with Crippen LogP contribution in [0.1, 0.15) is 32.6 Å². The molecular formula is C16H21N3O5. The normalized spacial score (nSPS) is 15.7. The first-order chi connectivity index (χ1) is 11.5. The smallest absolute Gasteiger partial charge is 0.326 e. The number of carbonyl (C=O) groups excluding carboxylic acids is 2. The Morgan fingerprint density at radius 2 is 1.88 bits per heavy atom. The first kappa shape index (κ1) is 17.9. The van der Waals surface area contributed by atoms with Gasteiger partial charge in [0.1, 0.15) is 5.54 Å². The number of benzene rings is 1. The fourth-order valence-electron chi connectivity index (χ4n) is 2.82. The fourth-order valence-corrected chi connectivity index (χ4v) is 2.82. The minimum Gasteiger partial charge on any atom is -0.465 e. The zero-order valence-corrected chi connectivity index (χ0v) is 13.5. The molecule has 0 spiro atoms. The summed E-state index contributed by atoms with van der Waals surface area (Å²) < 4.78 is 5.12. The van der Waals surface area contributed by atoms with Crippen LogP contribution < -0.4 is 10.6 Å². The predicted molar refractivity (Wildman–Crippen MR) is 87.6 cm³/mol. The number of nitro benzene ring substituents is 1. The highest BCUT2D eigenvalue weighted by atomic mass is 16.6. The van der Waals surface area contributed by atoms with Crippen molar-refractivity contribution in [3.63, 3.8) is 0 Å². The molecule has 8 nitrogen and oxygen atoms in total. The second-order valence-electron chi connectivity index (χ2n) is 5.72. The van der Waals surface area contributed by atoms with E-state index in [9.17, 15) is 19.7 Å². The van der Waals surface area contributed by atoms with Crippen molar-refractivity contribution < 1.29 is 19.2 Å². The second kappa shape index (κ2) is 7.87. The number of anilines is 1. The summed E-state index contributed by atoms with van der Waals surface area (Å²) in [4.78, 5) is 34.3. The lowest BCUT2D eigenvalue weighted by molar-refractivity contribution is -0.384. The molecule has 2 rings (SSSR count). The third-order valence-corrected chi connectivity index (χ3v) is 4.07. The Balaban J connectivity index is 1.91. The highest BCUT2D eigenvalue weighted by Crippen LogP contribution is 2.30. The molecule has 0 saturated heterocycles. The minimum atomic E-state index is -0.789. The van der Waals surface area contributed by atoms with E-state index < -0.39 is 10.5 Å². The van der Waals surface area contributed by atoms with Crippen molar-refractivity contribution in [2.45, 2.75) is 38.1 Å². The van der Waals surface area contributed by atoms with E-state index in [0.29, 0.717) is 25.1 Å². The van der Waals surface area contributed by atoms with Crippen molar-refractivity contribution in [3.05, 3.63) is 34.4 Å². The molecule has 130 valence electrons. The standard InChI is InChI=1S/C16H21N3O5/c1-2-24-15(21)16(9-3-4-10-16)17-11-14(20)18-12-5-7-13(8-6-12)19(22)23/h5-8,17H,2-4,9-11H2,1H3,(H,18,20). The number of non-ortho nitro benzene ring substituents is 1. The second-order valence-corrected chi connectivity index (χ2v) is 5.72. The van der Waals surface area contributed by atoms with Crippen LogP contribution in [0.5, 0.6) is 0 Å². The van der Waals surface area contributed by atoms with E-state index in [2.05, 4.69) is 10.6 Å². The molecular weight excluding hydrogens is 314 g/mol. The summed E-state index contributed by atoms with van der Waals surface area (Å²) in [7, 11) is 0. The molecule has 8 heteroatoms. The van der Waals surface area contributed by atoms with Crippen LogP contribution in [-0.2, 0) is 14.3 Å². The third kappa shape index (κ3) is 4.29. The summed E-state index contributed by atoms with van der Waals surface area (Å²) in [6.07, 6.45) is 3.12. The van der Waals surface area contributed by atoms with Crippen LogP contribution in [0.25, 0.3) is 0 Å². The average molecular weight is 335 g/mol. The van der Waals surface area contributed by atoms with Gasteiger partial charge in [-0.05, 0) is 31.9 Å². The number of rotatable bonds is 7. The molecule has 1 amide bonds. The van der Waals surface area contributed by atoms with E-state index in [0.717, 1.165) is 12.8 Å². The van der Waals surface area contributed by atoms with Gasteiger partial charge in [-0.25, -0.2) is 0 Å². The van der Waals surface area contributed by atoms with Crippen molar-refractivity contribution in [3.8, 4) is 0 Å². The zero-order chi connectivity index (χ0) is 17.6. The van der Waals surface area contributed by atoms with Gasteiger partial charge in [0.2, 0.25) is 5.91 Å². The molecule has 24 heavy (non-hydrogen) atoms. The molecule has 0 aliphatic heterocycles. The molecule has 1 aliphatic rings. The number of nitro groups is 1. The molecule has 1 aromatic rings. The molecule has 0 unspecified atom stereocenters. The van der Waals surface area contributed by atoms with Crippen molar-refractivity contribution in [1.82, 2.24) is 5.32 Å². The largest absolute Gasteiger partial charge is 0.465 e. The molecule has 0 aromatic heterocycles. The summed E-state index contributed by atoms with van der Waals surface area (Å²) in [5.41, 5.74) is -0.370. The highest BCUT2D eigenvalue weighted by Gasteiger charge is 2.42. The quantitative estimate of drug-likeness (QED) is 0.448. The topological polar surface area (TPSA) is 111 Å². The van der Waals surface area contributed by atoms with Gasteiger partial charge in [0.25, 0.3) is 5.69 Å². The van der Waals surface area contributed by atoms with Gasteiger partial charge in [-0.3, -0.25) is 25.0 Å². The number of nitrogens with zero attached hydrogens (tertiary/aromatic N) is 1. The van der Waals surface area contributed by atoms with E-state index in [1.54, 1.807) is 6.92 Å². The van der Waals surface area contributed by atoms with Gasteiger partial charge in [-0.2, -0.15) is 0 Å². The van der Waals surface area contributed by atoms with Crippen molar-refractivity contribution in [2.75, 3.05) is 18.5 Å². The summed E-state index contributed by atoms with van der Waals surface area (Å²) in [6.45, 7) is 2.02. The van der Waals surface area contributed by atoms with Gasteiger partial charge in [-0.1, -0.05) is 12.8 Å². The molecule has 0 radical (unpaired) electrons. The number of esters is 1. The number of ether oxygens (including phenoxy) is 1. The summed E-state index contributed by atoms with van der Waals surface area (Å²) in [5.74, 6) is -0.634. The fraction of sp³-hybridized carbons (Fsp3) is 0.500. The lowest BCUT2D eigenvalue weighted by Crippen LogP contribution is -2.53. The third-order valence-electron chi connectivity index (χ3n) is 4.07. The van der Waals surface area contributed by atoms with E-state index in [1.165, 1.54) is 24.3 Å². The summed E-state index contributed by atoms with van der Waals surface area (Å²) in [6, 6.07) is 5.57. The lowest BCUT2D eigenvalue weighted by Gasteiger charge is -2.27. The van der Waals surface area contributed by atoms with Crippen LogP contribution in [0.4, 0.5) is 11.4 Å². The monoisotopic (exact) mass is 335 g/mol. The highest BCUT2D eigenvalue weighted by molar-refractivity contribution is 5.93. The zero-order valence-electron chi connectivity index (χ0n) is 13.5. The predicted octanol–water partition coefficient (Wildman–Crippen LogP) is 2.00. The molecule has 0 atom stereocenters. The number of nitrogens with one attached hydrogen (secondary N) is 2. The van der Waals surface area contributed by atoms with Gasteiger partial charge in [0, 0.05) is 17.8 Å². The molecule has 1 fully saturated rings. The van der Waals surface area contributed by atoms with Crippen molar-refractivity contribution >= 4 is 23.3 Å². The Morgan fingerprint density at radius 1 is 1.25 bits per heavy atom. The van der Waals surface area contributed by atoms with Crippen LogP contribution in [0, 0.1) is 10.1 Å². The lowest BCUT2D eigenvalue weighted by atomic mass is 9.98. The first-order valence-electron chi connectivity index (χ1n) is 7.93. The van der Waals surface area contributed by atoms with Crippen molar-refractivity contribution in [2.24, 2.45) is 0 Å². The SMILES string of the molecule is CCOC(=O)C1(NCC(=O)Nc2ccc([N+](=O)[O-])cc2)CCCC1. The van der Waals surface area contributed by atoms with E-state index >= 15 is 0 Å². The van der Waals surface area contributed by atoms with Gasteiger partial charge >= 0.3 is 5.97 Å². The Labute approximate surface area is 139 Å². The number of hydrogen-bond donors (Lipinski definition) is 2. The van der Waals surface area contributed by atoms with E-state index in [4.69, 9.17) is 4.74 Å². The van der Waals surface area contributed by atoms with Crippen LogP contribution in [0.3, 0.4) is 0 Å². The van der Waals surface area contributed by atoms with Gasteiger partial charge < -0.3 is 10.1 Å². The Morgan fingerprint density at radius 3 is 2.42 bits per heavy atom. The van der Waals surface area contributed by atoms with Gasteiger partial charge in [0.15, 0.2) is 0 Å². The summed E-state index contributed by atoms with van der Waals surface area (Å²) in [5, 5.41) is 16.3. The molecule has 2 N–H and O–H groups in total. The van der Waals surface area contributed by atoms with E-state index in [-0.39, 0.29) is 24.1 Å². The molecule has 0 heterocycles. The Hall–Kier alpha value is -2.48. The maximum absolute atomic E-state index is 12.2. The van der Waals surface area contributed by atoms with Crippen LogP contribution in [0.2, 0.25) is 0 Å². The van der Waals surface area contributed by atoms with Crippen LogP contribution >= 0.6 is 0 Å². The molecule has 1 saturated carbocycles.